The lowest BCUT2D eigenvalue weighted by Crippen LogP contribution is -2.12. The summed E-state index contributed by atoms with van der Waals surface area (Å²) in [7, 11) is 2.10. The van der Waals surface area contributed by atoms with E-state index in [4.69, 9.17) is 9.97 Å². The number of benzene rings is 5. The molecule has 4 heterocycles. The van der Waals surface area contributed by atoms with Crippen molar-refractivity contribution in [3.8, 4) is 22.9 Å². The quantitative estimate of drug-likeness (QED) is 0.204. The second kappa shape index (κ2) is 9.66. The van der Waals surface area contributed by atoms with E-state index in [-0.39, 0.29) is 5.41 Å². The van der Waals surface area contributed by atoms with Gasteiger partial charge in [0.25, 0.3) is 0 Å². The number of rotatable bonds is 3. The number of hydrogen-bond acceptors (Lipinski definition) is 2. The smallest absolute Gasteiger partial charge is 0.140 e. The maximum absolute atomic E-state index is 5.02. The van der Waals surface area contributed by atoms with E-state index in [2.05, 4.69) is 157 Å². The average molecular weight is 596 g/mol. The molecule has 9 rings (SSSR count). The highest BCUT2D eigenvalue weighted by Crippen LogP contribution is 2.38. The summed E-state index contributed by atoms with van der Waals surface area (Å²) in [6.07, 6.45) is 1.94. The number of imidazole rings is 1. The molecule has 46 heavy (non-hydrogen) atoms. The molecule has 5 aromatic carbocycles. The summed E-state index contributed by atoms with van der Waals surface area (Å²) in [6.45, 7) is 6.75. The number of nitrogens with zero attached hydrogens (tertiary/aromatic N) is 5. The van der Waals surface area contributed by atoms with Gasteiger partial charge in [-0.05, 0) is 65.6 Å². The average Bonchev–Trinajstić information content (AvgIpc) is 3.71. The normalized spacial score (nSPS) is 12.3. The number of aromatic nitrogens is 5. The van der Waals surface area contributed by atoms with Crippen molar-refractivity contribution in [1.29, 1.82) is 0 Å². The van der Waals surface area contributed by atoms with Crippen molar-refractivity contribution in [2.24, 2.45) is 7.05 Å². The monoisotopic (exact) mass is 595 g/mol. The fourth-order valence-corrected chi connectivity index (χ4v) is 7.14. The summed E-state index contributed by atoms with van der Waals surface area (Å²) in [5.41, 5.74) is 10.2. The Bertz CT molecular complexity index is 2640. The van der Waals surface area contributed by atoms with Gasteiger partial charge >= 0.3 is 0 Å². The van der Waals surface area contributed by atoms with Crippen LogP contribution in [0.25, 0.3) is 77.5 Å². The molecule has 0 unspecified atom stereocenters. The van der Waals surface area contributed by atoms with Crippen LogP contribution in [-0.2, 0) is 12.5 Å². The minimum atomic E-state index is 0.0152. The molecule has 5 nitrogen and oxygen atoms in total. The third kappa shape index (κ3) is 3.88. The van der Waals surface area contributed by atoms with Gasteiger partial charge in [-0.25, -0.2) is 9.97 Å². The van der Waals surface area contributed by atoms with Crippen molar-refractivity contribution in [1.82, 2.24) is 23.7 Å². The molecule has 4 aromatic heterocycles. The van der Waals surface area contributed by atoms with E-state index in [1.165, 1.54) is 32.6 Å². The van der Waals surface area contributed by atoms with Gasteiger partial charge in [0.1, 0.15) is 11.6 Å². The van der Waals surface area contributed by atoms with Gasteiger partial charge in [-0.15, -0.1) is 0 Å². The first-order valence-electron chi connectivity index (χ1n) is 15.8. The van der Waals surface area contributed by atoms with Gasteiger partial charge in [0.2, 0.25) is 0 Å². The van der Waals surface area contributed by atoms with Gasteiger partial charge in [0.15, 0.2) is 0 Å². The highest BCUT2D eigenvalue weighted by atomic mass is 15.1. The van der Waals surface area contributed by atoms with Crippen molar-refractivity contribution in [3.63, 3.8) is 0 Å². The zero-order chi connectivity index (χ0) is 31.2. The van der Waals surface area contributed by atoms with Gasteiger partial charge < -0.3 is 9.13 Å². The molecule has 9 aromatic rings. The first-order valence-corrected chi connectivity index (χ1v) is 15.8. The number of para-hydroxylation sites is 4. The van der Waals surface area contributed by atoms with Crippen LogP contribution in [-0.4, -0.2) is 23.7 Å². The fraction of sp³-hybridized carbons (Fsp3) is 0.122. The third-order valence-electron chi connectivity index (χ3n) is 9.48. The van der Waals surface area contributed by atoms with E-state index in [1.807, 2.05) is 12.3 Å². The molecule has 0 saturated carbocycles. The minimum absolute atomic E-state index is 0.0152. The van der Waals surface area contributed by atoms with Gasteiger partial charge in [-0.2, -0.15) is 0 Å². The first-order chi connectivity index (χ1) is 22.4. The van der Waals surface area contributed by atoms with Gasteiger partial charge in [0, 0.05) is 46.0 Å². The van der Waals surface area contributed by atoms with E-state index in [0.29, 0.717) is 0 Å². The summed E-state index contributed by atoms with van der Waals surface area (Å²) in [6, 6.07) is 43.6. The van der Waals surface area contributed by atoms with Crippen molar-refractivity contribution < 1.29 is 0 Å². The highest BCUT2D eigenvalue weighted by molar-refractivity contribution is 6.12. The van der Waals surface area contributed by atoms with Gasteiger partial charge in [0.05, 0.1) is 33.1 Å². The number of hydrogen-bond donors (Lipinski definition) is 0. The summed E-state index contributed by atoms with van der Waals surface area (Å²) < 4.78 is 6.91. The van der Waals surface area contributed by atoms with E-state index in [9.17, 15) is 0 Å². The van der Waals surface area contributed by atoms with Gasteiger partial charge in [-0.1, -0.05) is 87.5 Å². The lowest BCUT2D eigenvalue weighted by molar-refractivity contribution is 0.588. The Morgan fingerprint density at radius 2 is 1.15 bits per heavy atom. The zero-order valence-corrected chi connectivity index (χ0v) is 26.4. The predicted molar refractivity (Wildman–Crippen MR) is 191 cm³/mol. The van der Waals surface area contributed by atoms with E-state index >= 15 is 0 Å². The maximum Gasteiger partial charge on any atom is 0.140 e. The molecule has 0 fully saturated rings. The van der Waals surface area contributed by atoms with Crippen molar-refractivity contribution in [3.05, 3.63) is 133 Å². The van der Waals surface area contributed by atoms with E-state index in [1.54, 1.807) is 0 Å². The van der Waals surface area contributed by atoms with Crippen LogP contribution in [0.4, 0.5) is 0 Å². The molecule has 0 saturated heterocycles. The number of fused-ring (bicyclic) bond motifs is 7. The Labute approximate surface area is 267 Å². The van der Waals surface area contributed by atoms with Crippen LogP contribution in [0.15, 0.2) is 128 Å². The molecule has 0 amide bonds. The van der Waals surface area contributed by atoms with Crippen LogP contribution in [0.2, 0.25) is 0 Å². The molecule has 0 aliphatic carbocycles. The minimum Gasteiger partial charge on any atom is -0.327 e. The summed E-state index contributed by atoms with van der Waals surface area (Å²) >= 11 is 0. The largest absolute Gasteiger partial charge is 0.327 e. The summed E-state index contributed by atoms with van der Waals surface area (Å²) in [5, 5.41) is 4.88. The second-order valence-electron chi connectivity index (χ2n) is 13.3. The molecule has 5 heteroatoms. The van der Waals surface area contributed by atoms with Crippen LogP contribution in [0.5, 0.6) is 0 Å². The standard InChI is InChI=1S/C41H33N5/c1-41(2,3)27-21-22-42-39(24-27)46-35-15-9-6-12-30(35)32-20-18-28(25-38(32)46)45-34-14-8-5-11-29(34)31-19-17-26(23-37(31)45)40-43-33-13-7-10-16-36(33)44(40)4/h5-25H,1-4H3. The Balaban J connectivity index is 1.33. The Morgan fingerprint density at radius 1 is 0.543 bits per heavy atom. The molecular weight excluding hydrogens is 562 g/mol. The number of pyridine rings is 1. The highest BCUT2D eigenvalue weighted by Gasteiger charge is 2.20. The molecule has 222 valence electrons. The molecule has 0 aliphatic rings. The van der Waals surface area contributed by atoms with Crippen LogP contribution in [0, 0.1) is 0 Å². The molecule has 0 spiro atoms. The summed E-state index contributed by atoms with van der Waals surface area (Å²) in [5.74, 6) is 1.89. The Morgan fingerprint density at radius 3 is 1.87 bits per heavy atom. The van der Waals surface area contributed by atoms with Crippen molar-refractivity contribution in [2.75, 3.05) is 0 Å². The van der Waals surface area contributed by atoms with Crippen LogP contribution in [0.1, 0.15) is 26.3 Å². The van der Waals surface area contributed by atoms with Crippen LogP contribution >= 0.6 is 0 Å². The Hall–Kier alpha value is -5.68. The van der Waals surface area contributed by atoms with Crippen molar-refractivity contribution >= 4 is 54.6 Å². The molecule has 0 radical (unpaired) electrons. The lowest BCUT2D eigenvalue weighted by Gasteiger charge is -2.20. The molecule has 0 bridgehead atoms. The van der Waals surface area contributed by atoms with Crippen LogP contribution < -0.4 is 0 Å². The predicted octanol–water partition coefficient (Wildman–Crippen LogP) is 10.1. The summed E-state index contributed by atoms with van der Waals surface area (Å²) in [4.78, 5) is 9.93. The first kappa shape index (κ1) is 26.7. The second-order valence-corrected chi connectivity index (χ2v) is 13.3. The molecule has 0 atom stereocenters. The lowest BCUT2D eigenvalue weighted by atomic mass is 9.88. The van der Waals surface area contributed by atoms with E-state index in [0.717, 1.165) is 50.5 Å². The zero-order valence-electron chi connectivity index (χ0n) is 26.4. The fourth-order valence-electron chi connectivity index (χ4n) is 7.14. The van der Waals surface area contributed by atoms with Crippen LogP contribution in [0.3, 0.4) is 0 Å². The third-order valence-corrected chi connectivity index (χ3v) is 9.48. The molecule has 0 aliphatic heterocycles. The topological polar surface area (TPSA) is 40.6 Å². The van der Waals surface area contributed by atoms with Gasteiger partial charge in [-0.3, -0.25) is 4.57 Å². The van der Waals surface area contributed by atoms with Crippen molar-refractivity contribution in [2.45, 2.75) is 26.2 Å². The Kier molecular flexibility index (Phi) is 5.61. The molecule has 0 N–H and O–H groups in total. The SMILES string of the molecule is Cn1c(-c2ccc3c4ccccc4n(-c4ccc5c6ccccc6n(-c6cc(C(C)(C)C)ccn6)c5c4)c3c2)nc2ccccc21. The van der Waals surface area contributed by atoms with E-state index < -0.39 is 0 Å². The number of aryl methyl sites for hydroxylation is 1. The molecular formula is C41H33N5. The maximum atomic E-state index is 5.02.